The molecule has 1 saturated heterocycles. The molecule has 3 rings (SSSR count). The Morgan fingerprint density at radius 1 is 1.44 bits per heavy atom. The molecule has 4 heteroatoms. The Balaban J connectivity index is 1.69. The summed E-state index contributed by atoms with van der Waals surface area (Å²) in [6, 6.07) is 0. The van der Waals surface area contributed by atoms with Crippen LogP contribution < -0.4 is 0 Å². The number of carbonyl (C=O) groups excluding carboxylic acids is 2. The molecule has 1 aliphatic heterocycles. The van der Waals surface area contributed by atoms with E-state index >= 15 is 0 Å². The first-order valence-electron chi connectivity index (χ1n) is 8.84. The molecule has 1 heterocycles. The number of ether oxygens (including phenoxy) is 2. The molecule has 0 amide bonds. The van der Waals surface area contributed by atoms with Gasteiger partial charge in [0.25, 0.3) is 0 Å². The quantitative estimate of drug-likeness (QED) is 0.432. The van der Waals surface area contributed by atoms with Crippen LogP contribution in [0.15, 0.2) is 47.6 Å². The molecule has 3 aliphatic rings. The predicted molar refractivity (Wildman–Crippen MR) is 95.6 cm³/mol. The maximum Gasteiger partial charge on any atom is 0.333 e. The highest BCUT2D eigenvalue weighted by Gasteiger charge is 2.62. The van der Waals surface area contributed by atoms with Gasteiger partial charge in [0.2, 0.25) is 0 Å². The molecule has 4 nitrogen and oxygen atoms in total. The van der Waals surface area contributed by atoms with Gasteiger partial charge in [-0.25, -0.2) is 4.79 Å². The van der Waals surface area contributed by atoms with Crippen molar-refractivity contribution in [2.45, 2.75) is 46.1 Å². The highest BCUT2D eigenvalue weighted by molar-refractivity contribution is 5.90. The lowest BCUT2D eigenvalue weighted by molar-refractivity contribution is -0.149. The number of carbonyl (C=O) groups is 2. The summed E-state index contributed by atoms with van der Waals surface area (Å²) in [5.74, 6) is -0.620. The summed E-state index contributed by atoms with van der Waals surface area (Å²) < 4.78 is 10.8. The van der Waals surface area contributed by atoms with Crippen LogP contribution in [0.5, 0.6) is 0 Å². The largest absolute Gasteiger partial charge is 0.462 e. The normalized spacial score (nSPS) is 32.1. The van der Waals surface area contributed by atoms with Gasteiger partial charge in [0.15, 0.2) is 0 Å². The van der Waals surface area contributed by atoms with Crippen LogP contribution in [-0.4, -0.2) is 24.6 Å². The fraction of sp³-hybridized carbons (Fsp3) is 0.524. The van der Waals surface area contributed by atoms with Gasteiger partial charge in [-0.2, -0.15) is 0 Å². The van der Waals surface area contributed by atoms with Crippen molar-refractivity contribution < 1.29 is 19.1 Å². The maximum absolute atomic E-state index is 12.7. The van der Waals surface area contributed by atoms with Gasteiger partial charge in [-0.15, -0.1) is 6.58 Å². The zero-order valence-corrected chi connectivity index (χ0v) is 15.3. The fourth-order valence-corrected chi connectivity index (χ4v) is 4.02. The van der Waals surface area contributed by atoms with Crippen molar-refractivity contribution in [1.29, 1.82) is 0 Å². The molecule has 0 aromatic rings. The van der Waals surface area contributed by atoms with Gasteiger partial charge in [0, 0.05) is 18.4 Å². The molecular formula is C21H26O4. The molecule has 1 saturated carbocycles. The van der Waals surface area contributed by atoms with Crippen LogP contribution in [0.25, 0.3) is 0 Å². The molecular weight excluding hydrogens is 316 g/mol. The van der Waals surface area contributed by atoms with E-state index in [-0.39, 0.29) is 35.3 Å². The van der Waals surface area contributed by atoms with Gasteiger partial charge in [-0.1, -0.05) is 32.6 Å². The van der Waals surface area contributed by atoms with Crippen LogP contribution >= 0.6 is 0 Å². The van der Waals surface area contributed by atoms with E-state index in [0.29, 0.717) is 25.0 Å². The first kappa shape index (κ1) is 17.7. The van der Waals surface area contributed by atoms with Gasteiger partial charge >= 0.3 is 11.9 Å². The van der Waals surface area contributed by atoms with Crippen molar-refractivity contribution in [3.05, 3.63) is 47.6 Å². The molecule has 1 unspecified atom stereocenters. The van der Waals surface area contributed by atoms with Crippen LogP contribution in [0.2, 0.25) is 0 Å². The maximum atomic E-state index is 12.7. The second-order valence-electron chi connectivity index (χ2n) is 7.79. The lowest BCUT2D eigenvalue weighted by Gasteiger charge is -2.14. The van der Waals surface area contributed by atoms with Crippen LogP contribution in [0, 0.1) is 17.3 Å². The molecule has 0 N–H and O–H groups in total. The van der Waals surface area contributed by atoms with Crippen molar-refractivity contribution >= 4 is 11.9 Å². The number of hydrogen-bond donors (Lipinski definition) is 0. The van der Waals surface area contributed by atoms with Gasteiger partial charge in [-0.3, -0.25) is 4.79 Å². The van der Waals surface area contributed by atoms with Crippen molar-refractivity contribution in [3.63, 3.8) is 0 Å². The smallest absolute Gasteiger partial charge is 0.333 e. The van der Waals surface area contributed by atoms with E-state index in [1.165, 1.54) is 0 Å². The van der Waals surface area contributed by atoms with Gasteiger partial charge in [0.1, 0.15) is 6.10 Å². The van der Waals surface area contributed by atoms with Crippen molar-refractivity contribution in [2.24, 2.45) is 17.3 Å². The van der Waals surface area contributed by atoms with Crippen LogP contribution in [0.3, 0.4) is 0 Å². The SMILES string of the molecule is C=CCC1=C(C)C(OC(=O)[C@@H]2[C@@H](C=C3CCOC3=O)C2(C)C)CC1=C. The first-order chi connectivity index (χ1) is 11.8. The second-order valence-corrected chi connectivity index (χ2v) is 7.79. The molecule has 134 valence electrons. The number of esters is 2. The van der Waals surface area contributed by atoms with E-state index in [0.717, 1.165) is 23.1 Å². The molecule has 25 heavy (non-hydrogen) atoms. The summed E-state index contributed by atoms with van der Waals surface area (Å²) in [7, 11) is 0. The summed E-state index contributed by atoms with van der Waals surface area (Å²) >= 11 is 0. The molecule has 0 aromatic carbocycles. The van der Waals surface area contributed by atoms with Crippen molar-refractivity contribution in [2.75, 3.05) is 6.61 Å². The Morgan fingerprint density at radius 2 is 2.16 bits per heavy atom. The molecule has 0 spiro atoms. The lowest BCUT2D eigenvalue weighted by Crippen LogP contribution is -2.20. The molecule has 2 aliphatic carbocycles. The monoisotopic (exact) mass is 342 g/mol. The Hall–Kier alpha value is -2.10. The van der Waals surface area contributed by atoms with Gasteiger partial charge in [-0.05, 0) is 41.4 Å². The second kappa shape index (κ2) is 6.32. The molecule has 2 fully saturated rings. The summed E-state index contributed by atoms with van der Waals surface area (Å²) in [4.78, 5) is 24.4. The average molecular weight is 342 g/mol. The third-order valence-electron chi connectivity index (χ3n) is 5.84. The van der Waals surface area contributed by atoms with Crippen LogP contribution in [0.4, 0.5) is 0 Å². The van der Waals surface area contributed by atoms with E-state index in [9.17, 15) is 9.59 Å². The molecule has 0 aromatic heterocycles. The van der Waals surface area contributed by atoms with E-state index in [1.807, 2.05) is 32.9 Å². The Bertz CT molecular complexity index is 707. The van der Waals surface area contributed by atoms with Gasteiger partial charge < -0.3 is 9.47 Å². The van der Waals surface area contributed by atoms with E-state index in [1.54, 1.807) is 0 Å². The minimum atomic E-state index is -0.255. The topological polar surface area (TPSA) is 52.6 Å². The number of cyclic esters (lactones) is 1. The average Bonchev–Trinajstić information content (AvgIpc) is 2.79. The lowest BCUT2D eigenvalue weighted by atomic mass is 10.1. The molecule has 0 radical (unpaired) electrons. The Morgan fingerprint density at radius 3 is 2.76 bits per heavy atom. The number of rotatable bonds is 5. The number of allylic oxidation sites excluding steroid dienone is 3. The van der Waals surface area contributed by atoms with Gasteiger partial charge in [0.05, 0.1) is 12.5 Å². The van der Waals surface area contributed by atoms with Crippen molar-refractivity contribution in [3.8, 4) is 0 Å². The van der Waals surface area contributed by atoms with Crippen LogP contribution in [-0.2, 0) is 19.1 Å². The minimum absolute atomic E-state index is 0.0298. The first-order valence-corrected chi connectivity index (χ1v) is 8.84. The Kier molecular flexibility index (Phi) is 4.48. The summed E-state index contributed by atoms with van der Waals surface area (Å²) in [5, 5.41) is 0. The highest BCUT2D eigenvalue weighted by Crippen LogP contribution is 2.60. The van der Waals surface area contributed by atoms with E-state index in [2.05, 4.69) is 13.2 Å². The van der Waals surface area contributed by atoms with E-state index < -0.39 is 0 Å². The zero-order chi connectivity index (χ0) is 18.4. The molecule has 0 bridgehead atoms. The van der Waals surface area contributed by atoms with Crippen LogP contribution in [0.1, 0.15) is 40.0 Å². The summed E-state index contributed by atoms with van der Waals surface area (Å²) in [6.45, 7) is 14.4. The highest BCUT2D eigenvalue weighted by atomic mass is 16.5. The number of hydrogen-bond acceptors (Lipinski definition) is 4. The summed E-state index contributed by atoms with van der Waals surface area (Å²) in [5.41, 5.74) is 3.75. The van der Waals surface area contributed by atoms with E-state index in [4.69, 9.17) is 9.47 Å². The fourth-order valence-electron chi connectivity index (χ4n) is 4.02. The Labute approximate surface area is 149 Å². The van der Waals surface area contributed by atoms with Crippen molar-refractivity contribution in [1.82, 2.24) is 0 Å². The third-order valence-corrected chi connectivity index (χ3v) is 5.84. The predicted octanol–water partition coefficient (Wildman–Crippen LogP) is 3.90. The zero-order valence-electron chi connectivity index (χ0n) is 15.3. The molecule has 3 atom stereocenters. The standard InChI is InChI=1S/C21H26O4/c1-6-7-15-12(2)10-17(13(15)3)25-20(23)18-16(21(18,4)5)11-14-8-9-24-19(14)22/h6,11,16-18H,1-2,7-10H2,3-5H3/t16-,17?,18+/m1/s1. The third kappa shape index (κ3) is 3.10. The summed E-state index contributed by atoms with van der Waals surface area (Å²) in [6.07, 6.45) is 5.58. The minimum Gasteiger partial charge on any atom is -0.462 e.